The molecule has 1 saturated carbocycles. The number of carbonyl (C=O) groups excluding carboxylic acids is 1. The lowest BCUT2D eigenvalue weighted by atomic mass is 9.84. The summed E-state index contributed by atoms with van der Waals surface area (Å²) in [6, 6.07) is 0. The molecule has 0 saturated heterocycles. The van der Waals surface area contributed by atoms with Crippen LogP contribution in [0.15, 0.2) is 0 Å². The maximum absolute atomic E-state index is 11.9. The van der Waals surface area contributed by atoms with Gasteiger partial charge in [-0.15, -0.1) is 0 Å². The van der Waals surface area contributed by atoms with Crippen molar-refractivity contribution in [1.82, 2.24) is 5.32 Å². The molecule has 3 unspecified atom stereocenters. The number of rotatable bonds is 9. The Labute approximate surface area is 123 Å². The third kappa shape index (κ3) is 4.45. The van der Waals surface area contributed by atoms with Crippen molar-refractivity contribution in [2.45, 2.75) is 71.4 Å². The summed E-state index contributed by atoms with van der Waals surface area (Å²) in [4.78, 5) is 11.9. The molecule has 0 aromatic heterocycles. The fourth-order valence-electron chi connectivity index (χ4n) is 3.57. The van der Waals surface area contributed by atoms with Crippen LogP contribution in [0.4, 0.5) is 0 Å². The molecule has 0 heterocycles. The zero-order chi connectivity index (χ0) is 15.2. The van der Waals surface area contributed by atoms with Gasteiger partial charge in [0.15, 0.2) is 0 Å². The van der Waals surface area contributed by atoms with Gasteiger partial charge in [0, 0.05) is 6.61 Å². The first-order valence-corrected chi connectivity index (χ1v) is 8.09. The SMILES string of the molecule is CCNC1(C(N)=O)CCCC1CCOC(C)CC(C)C. The topological polar surface area (TPSA) is 64.3 Å². The van der Waals surface area contributed by atoms with E-state index in [9.17, 15) is 4.79 Å². The smallest absolute Gasteiger partial charge is 0.238 e. The molecule has 3 atom stereocenters. The first kappa shape index (κ1) is 17.4. The largest absolute Gasteiger partial charge is 0.378 e. The number of ether oxygens (including phenoxy) is 1. The minimum Gasteiger partial charge on any atom is -0.378 e. The first-order valence-electron chi connectivity index (χ1n) is 8.09. The van der Waals surface area contributed by atoms with E-state index in [2.05, 4.69) is 26.1 Å². The van der Waals surface area contributed by atoms with E-state index >= 15 is 0 Å². The summed E-state index contributed by atoms with van der Waals surface area (Å²) in [7, 11) is 0. The third-order valence-electron chi connectivity index (χ3n) is 4.42. The molecule has 3 N–H and O–H groups in total. The van der Waals surface area contributed by atoms with Gasteiger partial charge in [0.2, 0.25) is 5.91 Å². The van der Waals surface area contributed by atoms with Gasteiger partial charge in [-0.2, -0.15) is 0 Å². The molecule has 1 fully saturated rings. The van der Waals surface area contributed by atoms with Crippen LogP contribution in [0.2, 0.25) is 0 Å². The highest BCUT2D eigenvalue weighted by atomic mass is 16.5. The summed E-state index contributed by atoms with van der Waals surface area (Å²) in [5, 5.41) is 3.35. The Morgan fingerprint density at radius 2 is 2.15 bits per heavy atom. The van der Waals surface area contributed by atoms with Gasteiger partial charge in [-0.05, 0) is 51.0 Å². The number of primary amides is 1. The van der Waals surface area contributed by atoms with E-state index < -0.39 is 5.54 Å². The standard InChI is InChI=1S/C16H32N2O2/c1-5-18-16(15(17)19)9-6-7-14(16)8-10-20-13(4)11-12(2)3/h12-14,18H,5-11H2,1-4H3,(H2,17,19). The average molecular weight is 284 g/mol. The van der Waals surface area contributed by atoms with E-state index in [1.807, 2.05) is 6.92 Å². The lowest BCUT2D eigenvalue weighted by Gasteiger charge is -2.33. The molecule has 1 rings (SSSR count). The summed E-state index contributed by atoms with van der Waals surface area (Å²) in [6.45, 7) is 10.1. The quantitative estimate of drug-likeness (QED) is 0.683. The minimum absolute atomic E-state index is 0.197. The monoisotopic (exact) mass is 284 g/mol. The summed E-state index contributed by atoms with van der Waals surface area (Å²) in [5.74, 6) is 0.770. The van der Waals surface area contributed by atoms with Crippen LogP contribution in [-0.4, -0.2) is 30.7 Å². The number of amides is 1. The minimum atomic E-state index is -0.501. The Balaban J connectivity index is 2.47. The maximum Gasteiger partial charge on any atom is 0.238 e. The molecule has 0 bridgehead atoms. The highest BCUT2D eigenvalue weighted by Gasteiger charge is 2.46. The molecule has 0 aromatic rings. The molecule has 118 valence electrons. The van der Waals surface area contributed by atoms with Crippen molar-refractivity contribution in [3.8, 4) is 0 Å². The van der Waals surface area contributed by atoms with Gasteiger partial charge in [0.1, 0.15) is 5.54 Å². The number of likely N-dealkylation sites (N-methyl/N-ethyl adjacent to an activating group) is 1. The van der Waals surface area contributed by atoms with Gasteiger partial charge >= 0.3 is 0 Å². The van der Waals surface area contributed by atoms with E-state index in [4.69, 9.17) is 10.5 Å². The number of hydrogen-bond donors (Lipinski definition) is 2. The zero-order valence-corrected chi connectivity index (χ0v) is 13.6. The summed E-state index contributed by atoms with van der Waals surface area (Å²) < 4.78 is 5.89. The Morgan fingerprint density at radius 3 is 2.70 bits per heavy atom. The van der Waals surface area contributed by atoms with E-state index in [0.29, 0.717) is 17.9 Å². The van der Waals surface area contributed by atoms with E-state index in [-0.39, 0.29) is 5.91 Å². The van der Waals surface area contributed by atoms with Crippen LogP contribution in [0.25, 0.3) is 0 Å². The number of carbonyl (C=O) groups is 1. The van der Waals surface area contributed by atoms with Crippen molar-refractivity contribution in [2.24, 2.45) is 17.6 Å². The van der Waals surface area contributed by atoms with E-state index in [0.717, 1.165) is 45.3 Å². The van der Waals surface area contributed by atoms with Gasteiger partial charge < -0.3 is 15.8 Å². The molecule has 1 aliphatic rings. The fraction of sp³-hybridized carbons (Fsp3) is 0.938. The average Bonchev–Trinajstić information content (AvgIpc) is 2.73. The van der Waals surface area contributed by atoms with Crippen LogP contribution < -0.4 is 11.1 Å². The van der Waals surface area contributed by atoms with Crippen LogP contribution in [0, 0.1) is 11.8 Å². The van der Waals surface area contributed by atoms with Crippen LogP contribution in [0.3, 0.4) is 0 Å². The van der Waals surface area contributed by atoms with E-state index in [1.54, 1.807) is 0 Å². The van der Waals surface area contributed by atoms with Gasteiger partial charge in [-0.1, -0.05) is 27.2 Å². The molecule has 0 aliphatic heterocycles. The number of hydrogen-bond acceptors (Lipinski definition) is 3. The Bertz CT molecular complexity index is 307. The number of nitrogens with two attached hydrogens (primary N) is 1. The van der Waals surface area contributed by atoms with Gasteiger partial charge in [-0.25, -0.2) is 0 Å². The normalized spacial score (nSPS) is 27.9. The molecule has 0 aromatic carbocycles. The summed E-state index contributed by atoms with van der Waals surface area (Å²) in [6.07, 6.45) is 5.29. The molecule has 0 radical (unpaired) electrons. The molecule has 4 heteroatoms. The van der Waals surface area contributed by atoms with Crippen LogP contribution >= 0.6 is 0 Å². The summed E-state index contributed by atoms with van der Waals surface area (Å²) >= 11 is 0. The van der Waals surface area contributed by atoms with E-state index in [1.165, 1.54) is 0 Å². The molecule has 0 spiro atoms. The predicted molar refractivity (Wildman–Crippen MR) is 82.4 cm³/mol. The van der Waals surface area contributed by atoms with Crippen molar-refractivity contribution in [1.29, 1.82) is 0 Å². The van der Waals surface area contributed by atoms with Crippen LogP contribution in [-0.2, 0) is 9.53 Å². The molecular weight excluding hydrogens is 252 g/mol. The van der Waals surface area contributed by atoms with Crippen LogP contribution in [0.1, 0.15) is 59.8 Å². The molecule has 1 aliphatic carbocycles. The number of nitrogens with one attached hydrogen (secondary N) is 1. The lowest BCUT2D eigenvalue weighted by molar-refractivity contribution is -0.126. The Hall–Kier alpha value is -0.610. The second-order valence-electron chi connectivity index (χ2n) is 6.55. The Kier molecular flexibility index (Phi) is 6.96. The van der Waals surface area contributed by atoms with Crippen molar-refractivity contribution >= 4 is 5.91 Å². The van der Waals surface area contributed by atoms with Crippen molar-refractivity contribution in [3.63, 3.8) is 0 Å². The summed E-state index contributed by atoms with van der Waals surface area (Å²) in [5.41, 5.74) is 5.16. The van der Waals surface area contributed by atoms with Crippen molar-refractivity contribution in [3.05, 3.63) is 0 Å². The van der Waals surface area contributed by atoms with Crippen LogP contribution in [0.5, 0.6) is 0 Å². The molecule has 20 heavy (non-hydrogen) atoms. The zero-order valence-electron chi connectivity index (χ0n) is 13.6. The molecular formula is C16H32N2O2. The highest BCUT2D eigenvalue weighted by molar-refractivity contribution is 5.85. The van der Waals surface area contributed by atoms with Gasteiger partial charge in [0.05, 0.1) is 6.10 Å². The Morgan fingerprint density at radius 1 is 1.45 bits per heavy atom. The first-order chi connectivity index (χ1) is 9.42. The molecule has 4 nitrogen and oxygen atoms in total. The van der Waals surface area contributed by atoms with Gasteiger partial charge in [0.25, 0.3) is 0 Å². The fourth-order valence-corrected chi connectivity index (χ4v) is 3.57. The van der Waals surface area contributed by atoms with Crippen molar-refractivity contribution < 1.29 is 9.53 Å². The lowest BCUT2D eigenvalue weighted by Crippen LogP contribution is -2.58. The predicted octanol–water partition coefficient (Wildman–Crippen LogP) is 2.46. The van der Waals surface area contributed by atoms with Crippen molar-refractivity contribution in [2.75, 3.05) is 13.2 Å². The maximum atomic E-state index is 11.9. The highest BCUT2D eigenvalue weighted by Crippen LogP contribution is 2.37. The second-order valence-corrected chi connectivity index (χ2v) is 6.55. The second kappa shape index (κ2) is 7.99. The molecule has 1 amide bonds. The third-order valence-corrected chi connectivity index (χ3v) is 4.42. The van der Waals surface area contributed by atoms with Gasteiger partial charge in [-0.3, -0.25) is 4.79 Å².